The van der Waals surface area contributed by atoms with E-state index in [1.54, 1.807) is 7.11 Å². The van der Waals surface area contributed by atoms with Crippen LogP contribution in [0.3, 0.4) is 0 Å². The number of nitrogens with zero attached hydrogens (tertiary/aromatic N) is 4. The molecule has 0 bridgehead atoms. The van der Waals surface area contributed by atoms with Crippen molar-refractivity contribution >= 4 is 10.9 Å². The predicted molar refractivity (Wildman–Crippen MR) is 119 cm³/mol. The van der Waals surface area contributed by atoms with Gasteiger partial charge in [-0.2, -0.15) is 0 Å². The largest absolute Gasteiger partial charge is 0.482 e. The third-order valence-corrected chi connectivity index (χ3v) is 5.90. The summed E-state index contributed by atoms with van der Waals surface area (Å²) >= 11 is 0. The molecule has 0 amide bonds. The van der Waals surface area contributed by atoms with Crippen LogP contribution >= 0.6 is 0 Å². The van der Waals surface area contributed by atoms with Crippen molar-refractivity contribution in [2.45, 2.75) is 25.8 Å². The van der Waals surface area contributed by atoms with Crippen LogP contribution in [0.5, 0.6) is 5.88 Å². The van der Waals surface area contributed by atoms with Crippen molar-refractivity contribution in [1.82, 2.24) is 19.4 Å². The summed E-state index contributed by atoms with van der Waals surface area (Å²) in [5, 5.41) is 1.13. The predicted octanol–water partition coefficient (Wildman–Crippen LogP) is 4.20. The van der Waals surface area contributed by atoms with E-state index in [2.05, 4.69) is 60.5 Å². The molecule has 30 heavy (non-hydrogen) atoms. The zero-order chi connectivity index (χ0) is 20.5. The molecule has 0 atom stereocenters. The zero-order valence-electron chi connectivity index (χ0n) is 17.5. The minimum absolute atomic E-state index is 0.708. The number of hydrogen-bond acceptors (Lipinski definition) is 4. The molecule has 3 heterocycles. The highest BCUT2D eigenvalue weighted by Crippen LogP contribution is 2.30. The Morgan fingerprint density at radius 1 is 0.967 bits per heavy atom. The maximum atomic E-state index is 5.69. The third kappa shape index (κ3) is 3.46. The van der Waals surface area contributed by atoms with Gasteiger partial charge in [0.25, 0.3) is 0 Å². The van der Waals surface area contributed by atoms with E-state index in [0.717, 1.165) is 54.8 Å². The fraction of sp³-hybridized carbons (Fsp3) is 0.280. The van der Waals surface area contributed by atoms with Crippen molar-refractivity contribution in [2.75, 3.05) is 20.7 Å². The Kier molecular flexibility index (Phi) is 4.97. The van der Waals surface area contributed by atoms with Gasteiger partial charge in [-0.05, 0) is 31.5 Å². The highest BCUT2D eigenvalue weighted by molar-refractivity contribution is 5.83. The van der Waals surface area contributed by atoms with Crippen LogP contribution in [0.2, 0.25) is 0 Å². The molecular formula is C25H26N4O. The van der Waals surface area contributed by atoms with Crippen LogP contribution in [-0.4, -0.2) is 40.1 Å². The van der Waals surface area contributed by atoms with Crippen molar-refractivity contribution in [1.29, 1.82) is 0 Å². The molecule has 5 heteroatoms. The molecule has 4 aromatic rings. The van der Waals surface area contributed by atoms with Crippen LogP contribution < -0.4 is 4.74 Å². The topological polar surface area (TPSA) is 43.2 Å². The fourth-order valence-corrected chi connectivity index (χ4v) is 4.30. The number of benzene rings is 2. The molecule has 0 unspecified atom stereocenters. The summed E-state index contributed by atoms with van der Waals surface area (Å²) in [6.45, 7) is 1.93. The second-order valence-electron chi connectivity index (χ2n) is 7.95. The number of aromatic nitrogens is 3. The zero-order valence-corrected chi connectivity index (χ0v) is 17.5. The Labute approximate surface area is 177 Å². The van der Waals surface area contributed by atoms with Crippen molar-refractivity contribution < 1.29 is 4.74 Å². The van der Waals surface area contributed by atoms with Crippen molar-refractivity contribution in [3.05, 3.63) is 83.2 Å². The molecule has 0 fully saturated rings. The van der Waals surface area contributed by atoms with Gasteiger partial charge in [-0.15, -0.1) is 0 Å². The number of ether oxygens (including phenoxy) is 1. The van der Waals surface area contributed by atoms with Gasteiger partial charge < -0.3 is 9.64 Å². The number of fused-ring (bicyclic) bond motifs is 2. The maximum absolute atomic E-state index is 5.69. The van der Waals surface area contributed by atoms with Crippen molar-refractivity contribution in [3.63, 3.8) is 0 Å². The second-order valence-corrected chi connectivity index (χ2v) is 7.95. The van der Waals surface area contributed by atoms with Gasteiger partial charge in [0.15, 0.2) is 0 Å². The van der Waals surface area contributed by atoms with E-state index in [4.69, 9.17) is 14.7 Å². The Morgan fingerprint density at radius 3 is 2.60 bits per heavy atom. The summed E-state index contributed by atoms with van der Waals surface area (Å²) in [6, 6.07) is 21.0. The number of hydrogen-bond donors (Lipinski definition) is 0. The smallest absolute Gasteiger partial charge is 0.237 e. The Balaban J connectivity index is 1.62. The second kappa shape index (κ2) is 7.92. The van der Waals surface area contributed by atoms with Gasteiger partial charge in [0.1, 0.15) is 0 Å². The van der Waals surface area contributed by atoms with E-state index in [9.17, 15) is 0 Å². The Morgan fingerprint density at radius 2 is 1.77 bits per heavy atom. The molecule has 2 aromatic carbocycles. The van der Waals surface area contributed by atoms with Crippen LogP contribution in [0.4, 0.5) is 0 Å². The van der Waals surface area contributed by atoms with E-state index in [0.29, 0.717) is 5.95 Å². The number of para-hydroxylation sites is 1. The lowest BCUT2D eigenvalue weighted by atomic mass is 9.99. The Bertz CT molecular complexity index is 1180. The summed E-state index contributed by atoms with van der Waals surface area (Å²) < 4.78 is 7.73. The molecule has 0 radical (unpaired) electrons. The quantitative estimate of drug-likeness (QED) is 0.505. The molecule has 5 rings (SSSR count). The van der Waals surface area contributed by atoms with Crippen LogP contribution in [0.15, 0.2) is 60.7 Å². The third-order valence-electron chi connectivity index (χ3n) is 5.90. The number of likely N-dealkylation sites (N-methyl/N-ethyl adjacent to an activating group) is 1. The molecular weight excluding hydrogens is 372 g/mol. The van der Waals surface area contributed by atoms with Crippen LogP contribution in [0.25, 0.3) is 16.9 Å². The van der Waals surface area contributed by atoms with Gasteiger partial charge in [-0.1, -0.05) is 48.5 Å². The minimum atomic E-state index is 0.708. The molecule has 152 valence electrons. The van der Waals surface area contributed by atoms with E-state index in [1.165, 1.54) is 16.8 Å². The average molecular weight is 399 g/mol. The first-order valence-electron chi connectivity index (χ1n) is 10.5. The molecule has 0 saturated carbocycles. The molecule has 1 aliphatic rings. The van der Waals surface area contributed by atoms with Gasteiger partial charge in [0, 0.05) is 36.5 Å². The molecule has 5 nitrogen and oxygen atoms in total. The number of aryl methyl sites for hydroxylation is 2. The summed E-state index contributed by atoms with van der Waals surface area (Å²) in [5.41, 5.74) is 6.00. The molecule has 0 spiro atoms. The van der Waals surface area contributed by atoms with Gasteiger partial charge in [0.2, 0.25) is 11.8 Å². The first-order valence-corrected chi connectivity index (χ1v) is 10.5. The SMILES string of the molecule is COc1cc2ccccc2n1-c1nc(CCc2ccccc2)c2c(n1)CCN(C)C2. The standard InChI is InChI=1S/C25H26N4O/c1-28-15-14-22-20(17-28)21(13-12-18-8-4-3-5-9-18)26-25(27-22)29-23-11-7-6-10-19(23)16-24(29)30-2/h3-11,16H,12-15,17H2,1-2H3. The molecule has 0 aliphatic carbocycles. The average Bonchev–Trinajstić information content (AvgIpc) is 3.17. The molecule has 1 aliphatic heterocycles. The first-order chi connectivity index (χ1) is 14.7. The van der Waals surface area contributed by atoms with Gasteiger partial charge >= 0.3 is 0 Å². The number of rotatable bonds is 5. The minimum Gasteiger partial charge on any atom is -0.482 e. The van der Waals surface area contributed by atoms with Gasteiger partial charge in [0.05, 0.1) is 24.0 Å². The first kappa shape index (κ1) is 18.8. The van der Waals surface area contributed by atoms with E-state index < -0.39 is 0 Å². The lowest BCUT2D eigenvalue weighted by molar-refractivity contribution is 0.307. The molecule has 0 saturated heterocycles. The highest BCUT2D eigenvalue weighted by atomic mass is 16.5. The monoisotopic (exact) mass is 398 g/mol. The van der Waals surface area contributed by atoms with Crippen molar-refractivity contribution in [2.24, 2.45) is 0 Å². The van der Waals surface area contributed by atoms with E-state index in [1.807, 2.05) is 16.7 Å². The highest BCUT2D eigenvalue weighted by Gasteiger charge is 2.22. The summed E-state index contributed by atoms with van der Waals surface area (Å²) in [7, 11) is 3.87. The van der Waals surface area contributed by atoms with Crippen LogP contribution in [0, 0.1) is 0 Å². The maximum Gasteiger partial charge on any atom is 0.237 e. The van der Waals surface area contributed by atoms with Gasteiger partial charge in [-0.25, -0.2) is 14.5 Å². The van der Waals surface area contributed by atoms with Crippen LogP contribution in [0.1, 0.15) is 22.5 Å². The molecule has 0 N–H and O–H groups in total. The lowest BCUT2D eigenvalue weighted by Crippen LogP contribution is -2.29. The van der Waals surface area contributed by atoms with Gasteiger partial charge in [-0.3, -0.25) is 0 Å². The molecule has 2 aromatic heterocycles. The fourth-order valence-electron chi connectivity index (χ4n) is 4.30. The summed E-state index contributed by atoms with van der Waals surface area (Å²) in [5.74, 6) is 1.47. The normalized spacial score (nSPS) is 14.1. The van der Waals surface area contributed by atoms with E-state index >= 15 is 0 Å². The van der Waals surface area contributed by atoms with Crippen molar-refractivity contribution in [3.8, 4) is 11.8 Å². The van der Waals surface area contributed by atoms with E-state index in [-0.39, 0.29) is 0 Å². The summed E-state index contributed by atoms with van der Waals surface area (Å²) in [6.07, 6.45) is 2.81. The Hall–Kier alpha value is -3.18. The lowest BCUT2D eigenvalue weighted by Gasteiger charge is -2.26. The summed E-state index contributed by atoms with van der Waals surface area (Å²) in [4.78, 5) is 12.4. The van der Waals surface area contributed by atoms with Crippen LogP contribution in [-0.2, 0) is 25.8 Å². The number of methoxy groups -OCH3 is 1.